The van der Waals surface area contributed by atoms with Crippen molar-refractivity contribution in [2.75, 3.05) is 39.9 Å². The minimum atomic E-state index is 0.0561. The predicted octanol–water partition coefficient (Wildman–Crippen LogP) is 1.89. The number of pyridine rings is 1. The summed E-state index contributed by atoms with van der Waals surface area (Å²) in [5, 5.41) is 0. The molecule has 0 bridgehead atoms. The lowest BCUT2D eigenvalue weighted by molar-refractivity contribution is -0.143. The highest BCUT2D eigenvalue weighted by Crippen LogP contribution is 2.39. The Morgan fingerprint density at radius 2 is 2.19 bits per heavy atom. The molecule has 1 atom stereocenters. The normalized spacial score (nSPS) is 23.5. The van der Waals surface area contributed by atoms with Gasteiger partial charge in [0.2, 0.25) is 11.8 Å². The van der Waals surface area contributed by atoms with E-state index in [9.17, 15) is 9.59 Å². The molecule has 2 amide bonds. The van der Waals surface area contributed by atoms with E-state index in [1.807, 2.05) is 28.0 Å². The lowest BCUT2D eigenvalue weighted by atomic mass is 9.73. The number of likely N-dealkylation sites (tertiary alicyclic amines) is 2. The Kier molecular flexibility index (Phi) is 6.25. The first-order valence-corrected chi connectivity index (χ1v) is 9.56. The SMILES string of the molecule is COCCN1C[C@]2(CCCN(C(=O)CCc3ccccn3)C2)CCC1=O. The molecule has 0 unspecified atom stereocenters. The molecule has 0 aromatic carbocycles. The highest BCUT2D eigenvalue weighted by molar-refractivity contribution is 5.78. The van der Waals surface area contributed by atoms with Crippen LogP contribution in [0.25, 0.3) is 0 Å². The molecular weight excluding hydrogens is 330 g/mol. The number of carbonyl (C=O) groups is 2. The van der Waals surface area contributed by atoms with Gasteiger partial charge in [0.05, 0.1) is 6.61 Å². The molecule has 142 valence electrons. The molecule has 26 heavy (non-hydrogen) atoms. The Morgan fingerprint density at radius 1 is 1.31 bits per heavy atom. The first kappa shape index (κ1) is 18.8. The number of rotatable bonds is 6. The van der Waals surface area contributed by atoms with E-state index < -0.39 is 0 Å². The molecule has 0 radical (unpaired) electrons. The van der Waals surface area contributed by atoms with E-state index in [-0.39, 0.29) is 17.2 Å². The molecule has 1 aromatic heterocycles. The van der Waals surface area contributed by atoms with Gasteiger partial charge in [0.25, 0.3) is 0 Å². The molecule has 0 aliphatic carbocycles. The maximum absolute atomic E-state index is 12.7. The molecule has 6 nitrogen and oxygen atoms in total. The van der Waals surface area contributed by atoms with Gasteiger partial charge in [-0.3, -0.25) is 14.6 Å². The van der Waals surface area contributed by atoms with Crippen LogP contribution in [0.2, 0.25) is 0 Å². The second kappa shape index (κ2) is 8.62. The Hall–Kier alpha value is -1.95. The summed E-state index contributed by atoms with van der Waals surface area (Å²) < 4.78 is 5.14. The van der Waals surface area contributed by atoms with Gasteiger partial charge in [-0.25, -0.2) is 0 Å². The molecule has 2 saturated heterocycles. The van der Waals surface area contributed by atoms with E-state index in [4.69, 9.17) is 4.74 Å². The molecule has 3 heterocycles. The molecule has 2 fully saturated rings. The van der Waals surface area contributed by atoms with Crippen LogP contribution >= 0.6 is 0 Å². The van der Waals surface area contributed by atoms with Gasteiger partial charge >= 0.3 is 0 Å². The molecule has 2 aliphatic heterocycles. The van der Waals surface area contributed by atoms with Crippen molar-refractivity contribution in [3.05, 3.63) is 30.1 Å². The average molecular weight is 359 g/mol. The predicted molar refractivity (Wildman–Crippen MR) is 98.5 cm³/mol. The van der Waals surface area contributed by atoms with Gasteiger partial charge < -0.3 is 14.5 Å². The van der Waals surface area contributed by atoms with Gasteiger partial charge in [-0.15, -0.1) is 0 Å². The van der Waals surface area contributed by atoms with Crippen LogP contribution in [0, 0.1) is 5.41 Å². The van der Waals surface area contributed by atoms with E-state index in [0.717, 1.165) is 44.6 Å². The maximum atomic E-state index is 12.7. The van der Waals surface area contributed by atoms with Crippen molar-refractivity contribution < 1.29 is 14.3 Å². The maximum Gasteiger partial charge on any atom is 0.222 e. The van der Waals surface area contributed by atoms with E-state index >= 15 is 0 Å². The molecule has 0 N–H and O–H groups in total. The third-order valence-corrected chi connectivity index (χ3v) is 5.65. The van der Waals surface area contributed by atoms with Crippen molar-refractivity contribution in [1.82, 2.24) is 14.8 Å². The summed E-state index contributed by atoms with van der Waals surface area (Å²) in [6.45, 7) is 3.55. The first-order chi connectivity index (χ1) is 12.6. The number of amides is 2. The number of carbonyl (C=O) groups excluding carboxylic acids is 2. The summed E-state index contributed by atoms with van der Waals surface area (Å²) in [4.78, 5) is 33.1. The molecule has 3 rings (SSSR count). The molecule has 2 aliphatic rings. The van der Waals surface area contributed by atoms with E-state index in [2.05, 4.69) is 4.98 Å². The number of hydrogen-bond donors (Lipinski definition) is 0. The van der Waals surface area contributed by atoms with E-state index in [1.54, 1.807) is 13.3 Å². The van der Waals surface area contributed by atoms with Crippen LogP contribution in [-0.4, -0.2) is 66.5 Å². The smallest absolute Gasteiger partial charge is 0.222 e. The third-order valence-electron chi connectivity index (χ3n) is 5.65. The fourth-order valence-corrected chi connectivity index (χ4v) is 4.20. The van der Waals surface area contributed by atoms with Crippen LogP contribution < -0.4 is 0 Å². The number of aromatic nitrogens is 1. The topological polar surface area (TPSA) is 62.7 Å². The molecular formula is C20H29N3O3. The summed E-state index contributed by atoms with van der Waals surface area (Å²) >= 11 is 0. The van der Waals surface area contributed by atoms with Gasteiger partial charge in [-0.05, 0) is 37.8 Å². The van der Waals surface area contributed by atoms with Crippen molar-refractivity contribution in [2.45, 2.75) is 38.5 Å². The molecule has 0 saturated carbocycles. The van der Waals surface area contributed by atoms with Crippen molar-refractivity contribution in [2.24, 2.45) is 5.41 Å². The Bertz CT molecular complexity index is 622. The van der Waals surface area contributed by atoms with Crippen LogP contribution in [0.3, 0.4) is 0 Å². The summed E-state index contributed by atoms with van der Waals surface area (Å²) in [6, 6.07) is 5.81. The number of methoxy groups -OCH3 is 1. The summed E-state index contributed by atoms with van der Waals surface area (Å²) in [6.07, 6.45) is 6.53. The van der Waals surface area contributed by atoms with Crippen LogP contribution in [0.5, 0.6) is 0 Å². The quantitative estimate of drug-likeness (QED) is 0.778. The number of piperidine rings is 2. The van der Waals surface area contributed by atoms with E-state index in [0.29, 0.717) is 32.4 Å². The van der Waals surface area contributed by atoms with Crippen LogP contribution in [0.15, 0.2) is 24.4 Å². The van der Waals surface area contributed by atoms with Crippen LogP contribution in [0.1, 0.15) is 37.8 Å². The highest BCUT2D eigenvalue weighted by Gasteiger charge is 2.42. The zero-order valence-corrected chi connectivity index (χ0v) is 15.7. The average Bonchev–Trinajstić information content (AvgIpc) is 2.68. The second-order valence-electron chi connectivity index (χ2n) is 7.55. The van der Waals surface area contributed by atoms with E-state index in [1.165, 1.54) is 0 Å². The second-order valence-corrected chi connectivity index (χ2v) is 7.55. The Morgan fingerprint density at radius 3 is 2.96 bits per heavy atom. The van der Waals surface area contributed by atoms with Crippen molar-refractivity contribution in [3.63, 3.8) is 0 Å². The Labute approximate surface area is 155 Å². The zero-order chi connectivity index (χ0) is 18.4. The number of nitrogens with zero attached hydrogens (tertiary/aromatic N) is 3. The van der Waals surface area contributed by atoms with Crippen molar-refractivity contribution in [1.29, 1.82) is 0 Å². The van der Waals surface area contributed by atoms with Crippen LogP contribution in [0.4, 0.5) is 0 Å². The van der Waals surface area contributed by atoms with Crippen molar-refractivity contribution >= 4 is 11.8 Å². The van der Waals surface area contributed by atoms with Crippen LogP contribution in [-0.2, 0) is 20.7 Å². The molecule has 6 heteroatoms. The van der Waals surface area contributed by atoms with Gasteiger partial charge in [-0.2, -0.15) is 0 Å². The summed E-state index contributed by atoms with van der Waals surface area (Å²) in [5.74, 6) is 0.418. The first-order valence-electron chi connectivity index (χ1n) is 9.56. The number of hydrogen-bond acceptors (Lipinski definition) is 4. The monoisotopic (exact) mass is 359 g/mol. The lowest BCUT2D eigenvalue weighted by Crippen LogP contribution is -2.55. The fourth-order valence-electron chi connectivity index (χ4n) is 4.20. The van der Waals surface area contributed by atoms with Gasteiger partial charge in [0.1, 0.15) is 0 Å². The third kappa shape index (κ3) is 4.61. The standard InChI is InChI=1S/C20H29N3O3/c1-26-14-13-23-16-20(10-8-19(23)25)9-4-12-22(15-20)18(24)7-6-17-5-2-3-11-21-17/h2-3,5,11H,4,6-10,12-16H2,1H3/t20-/m1/s1. The van der Waals surface area contributed by atoms with Gasteiger partial charge in [0, 0.05) is 63.4 Å². The largest absolute Gasteiger partial charge is 0.383 e. The minimum absolute atomic E-state index is 0.0561. The van der Waals surface area contributed by atoms with Gasteiger partial charge in [0.15, 0.2) is 0 Å². The summed E-state index contributed by atoms with van der Waals surface area (Å²) in [7, 11) is 1.66. The lowest BCUT2D eigenvalue weighted by Gasteiger charge is -2.48. The number of aryl methyl sites for hydroxylation is 1. The Balaban J connectivity index is 1.57. The molecule has 1 spiro atoms. The minimum Gasteiger partial charge on any atom is -0.383 e. The van der Waals surface area contributed by atoms with Crippen molar-refractivity contribution in [3.8, 4) is 0 Å². The molecule has 1 aromatic rings. The number of ether oxygens (including phenoxy) is 1. The fraction of sp³-hybridized carbons (Fsp3) is 0.650. The highest BCUT2D eigenvalue weighted by atomic mass is 16.5. The zero-order valence-electron chi connectivity index (χ0n) is 15.7. The summed E-state index contributed by atoms with van der Waals surface area (Å²) in [5.41, 5.74) is 1.02. The van der Waals surface area contributed by atoms with Gasteiger partial charge in [-0.1, -0.05) is 6.07 Å².